The molecule has 0 aliphatic carbocycles. The first-order valence-electron chi connectivity index (χ1n) is 6.46. The van der Waals surface area contributed by atoms with Crippen LogP contribution in [0.25, 0.3) is 0 Å². The van der Waals surface area contributed by atoms with Crippen LogP contribution in [0.2, 0.25) is 0 Å². The summed E-state index contributed by atoms with van der Waals surface area (Å²) < 4.78 is 5.75. The summed E-state index contributed by atoms with van der Waals surface area (Å²) in [6.07, 6.45) is 1.11. The monoisotopic (exact) mass is 248 g/mol. The van der Waals surface area contributed by atoms with Crippen molar-refractivity contribution in [3.63, 3.8) is 0 Å². The fourth-order valence-corrected chi connectivity index (χ4v) is 2.17. The van der Waals surface area contributed by atoms with Crippen LogP contribution < -0.4 is 15.0 Å². The molecule has 0 radical (unpaired) electrons. The van der Waals surface area contributed by atoms with Crippen LogP contribution >= 0.6 is 0 Å². The van der Waals surface area contributed by atoms with E-state index in [1.54, 1.807) is 0 Å². The number of fused-ring (bicyclic) bond motifs is 1. The number of para-hydroxylation sites is 1. The number of hydrogen-bond donors (Lipinski definition) is 1. The van der Waals surface area contributed by atoms with E-state index in [1.807, 2.05) is 32.0 Å². The normalized spacial score (nSPS) is 14.4. The van der Waals surface area contributed by atoms with Crippen molar-refractivity contribution in [3.05, 3.63) is 18.2 Å². The minimum absolute atomic E-state index is 0.0238. The maximum absolute atomic E-state index is 11.7. The second-order valence-corrected chi connectivity index (χ2v) is 4.79. The number of hydrogen-bond acceptors (Lipinski definition) is 3. The Labute approximate surface area is 108 Å². The van der Waals surface area contributed by atoms with Gasteiger partial charge in [-0.2, -0.15) is 0 Å². The summed E-state index contributed by atoms with van der Waals surface area (Å²) in [5.41, 5.74) is 1.85. The number of benzene rings is 1. The third kappa shape index (κ3) is 2.58. The van der Waals surface area contributed by atoms with Crippen molar-refractivity contribution in [1.82, 2.24) is 0 Å². The molecule has 2 rings (SSSR count). The molecule has 18 heavy (non-hydrogen) atoms. The van der Waals surface area contributed by atoms with E-state index in [0.29, 0.717) is 6.54 Å². The molecule has 1 amide bonds. The molecule has 1 aromatic carbocycles. The fourth-order valence-electron chi connectivity index (χ4n) is 2.17. The molecular weight excluding hydrogens is 228 g/mol. The van der Waals surface area contributed by atoms with Crippen molar-refractivity contribution < 1.29 is 9.53 Å². The van der Waals surface area contributed by atoms with Gasteiger partial charge in [0.2, 0.25) is 5.91 Å². The lowest BCUT2D eigenvalue weighted by atomic mass is 10.1. The molecule has 0 saturated carbocycles. The quantitative estimate of drug-likeness (QED) is 0.890. The largest absolute Gasteiger partial charge is 0.489 e. The second kappa shape index (κ2) is 5.29. The summed E-state index contributed by atoms with van der Waals surface area (Å²) in [5, 5.41) is 2.92. The van der Waals surface area contributed by atoms with Crippen LogP contribution in [-0.4, -0.2) is 25.1 Å². The predicted octanol–water partition coefficient (Wildman–Crippen LogP) is 2.64. The number of ether oxygens (including phenoxy) is 1. The van der Waals surface area contributed by atoms with Crippen LogP contribution in [0, 0.1) is 0 Å². The van der Waals surface area contributed by atoms with Crippen molar-refractivity contribution in [2.75, 3.05) is 23.3 Å². The number of nitrogens with one attached hydrogen (secondary N) is 1. The van der Waals surface area contributed by atoms with Crippen molar-refractivity contribution in [1.29, 1.82) is 0 Å². The Balaban J connectivity index is 2.37. The number of anilines is 2. The molecule has 1 aliphatic heterocycles. The summed E-state index contributed by atoms with van der Waals surface area (Å²) >= 11 is 0. The summed E-state index contributed by atoms with van der Waals surface area (Å²) in [6.45, 7) is 7.37. The maximum Gasteiger partial charge on any atom is 0.244 e. The molecule has 4 heteroatoms. The van der Waals surface area contributed by atoms with Gasteiger partial charge >= 0.3 is 0 Å². The van der Waals surface area contributed by atoms with E-state index >= 15 is 0 Å². The Morgan fingerprint density at radius 3 is 2.89 bits per heavy atom. The number of nitrogens with zero attached hydrogens (tertiary/aromatic N) is 1. The van der Waals surface area contributed by atoms with Gasteiger partial charge in [0.1, 0.15) is 11.4 Å². The van der Waals surface area contributed by atoms with Gasteiger partial charge in [0.25, 0.3) is 0 Å². The number of amides is 1. The molecule has 0 saturated heterocycles. The van der Waals surface area contributed by atoms with E-state index in [4.69, 9.17) is 4.74 Å². The van der Waals surface area contributed by atoms with Crippen molar-refractivity contribution in [3.8, 4) is 5.75 Å². The molecule has 0 unspecified atom stereocenters. The molecule has 0 fully saturated rings. The topological polar surface area (TPSA) is 41.6 Å². The van der Waals surface area contributed by atoms with Crippen LogP contribution in [0.1, 0.15) is 27.2 Å². The van der Waals surface area contributed by atoms with Gasteiger partial charge in [-0.3, -0.25) is 4.79 Å². The highest BCUT2D eigenvalue weighted by atomic mass is 16.5. The first-order valence-corrected chi connectivity index (χ1v) is 6.46. The lowest BCUT2D eigenvalue weighted by Gasteiger charge is -2.32. The summed E-state index contributed by atoms with van der Waals surface area (Å²) in [4.78, 5) is 13.8. The van der Waals surface area contributed by atoms with Crippen LogP contribution in [-0.2, 0) is 4.79 Å². The molecule has 1 N–H and O–H groups in total. The zero-order valence-corrected chi connectivity index (χ0v) is 11.2. The van der Waals surface area contributed by atoms with Gasteiger partial charge in [-0.1, -0.05) is 13.0 Å². The van der Waals surface area contributed by atoms with E-state index in [-0.39, 0.29) is 12.0 Å². The smallest absolute Gasteiger partial charge is 0.244 e. The van der Waals surface area contributed by atoms with Gasteiger partial charge in [0.15, 0.2) is 0 Å². The summed E-state index contributed by atoms with van der Waals surface area (Å²) in [5.74, 6) is 0.771. The molecule has 1 aromatic rings. The van der Waals surface area contributed by atoms with Crippen LogP contribution in [0.15, 0.2) is 18.2 Å². The third-order valence-electron chi connectivity index (χ3n) is 2.80. The highest BCUT2D eigenvalue weighted by molar-refractivity contribution is 6.03. The first kappa shape index (κ1) is 12.7. The van der Waals surface area contributed by atoms with Crippen LogP contribution in [0.3, 0.4) is 0 Å². The maximum atomic E-state index is 11.7. The predicted molar refractivity (Wildman–Crippen MR) is 73.3 cm³/mol. The molecule has 4 nitrogen and oxygen atoms in total. The van der Waals surface area contributed by atoms with Gasteiger partial charge in [0, 0.05) is 6.54 Å². The molecule has 0 spiro atoms. The SMILES string of the molecule is CCCN1CC(=O)Nc2c(OC(C)C)cccc21. The van der Waals surface area contributed by atoms with Crippen molar-refractivity contribution in [2.45, 2.75) is 33.3 Å². The minimum atomic E-state index is 0.0238. The lowest BCUT2D eigenvalue weighted by molar-refractivity contribution is -0.115. The van der Waals surface area contributed by atoms with Crippen molar-refractivity contribution >= 4 is 17.3 Å². The molecule has 0 aromatic heterocycles. The van der Waals surface area contributed by atoms with E-state index in [1.165, 1.54) is 0 Å². The Kier molecular flexibility index (Phi) is 3.75. The molecular formula is C14H20N2O2. The van der Waals surface area contributed by atoms with Crippen LogP contribution in [0.4, 0.5) is 11.4 Å². The highest BCUT2D eigenvalue weighted by Crippen LogP contribution is 2.38. The standard InChI is InChI=1S/C14H20N2O2/c1-4-8-16-9-13(17)15-14-11(16)6-5-7-12(14)18-10(2)3/h5-7,10H,4,8-9H2,1-3H3,(H,15,17). The van der Waals surface area contributed by atoms with Gasteiger partial charge in [-0.05, 0) is 32.4 Å². The van der Waals surface area contributed by atoms with Gasteiger partial charge in [0.05, 0.1) is 18.3 Å². The first-order chi connectivity index (χ1) is 8.61. The van der Waals surface area contributed by atoms with E-state index < -0.39 is 0 Å². The molecule has 0 bridgehead atoms. The van der Waals surface area contributed by atoms with Gasteiger partial charge in [-0.25, -0.2) is 0 Å². The minimum Gasteiger partial charge on any atom is -0.489 e. The van der Waals surface area contributed by atoms with E-state index in [2.05, 4.69) is 17.1 Å². The average Bonchev–Trinajstić information content (AvgIpc) is 2.30. The molecule has 1 heterocycles. The lowest BCUT2D eigenvalue weighted by Crippen LogP contribution is -2.38. The van der Waals surface area contributed by atoms with Crippen molar-refractivity contribution in [2.24, 2.45) is 0 Å². The highest BCUT2D eigenvalue weighted by Gasteiger charge is 2.24. The Hall–Kier alpha value is -1.71. The molecule has 1 aliphatic rings. The summed E-state index contributed by atoms with van der Waals surface area (Å²) in [6, 6.07) is 5.89. The van der Waals surface area contributed by atoms with Crippen LogP contribution in [0.5, 0.6) is 5.75 Å². The Morgan fingerprint density at radius 1 is 1.44 bits per heavy atom. The number of carbonyl (C=O) groups is 1. The third-order valence-corrected chi connectivity index (χ3v) is 2.80. The zero-order valence-electron chi connectivity index (χ0n) is 11.2. The van der Waals surface area contributed by atoms with Gasteiger partial charge < -0.3 is 15.0 Å². The number of carbonyl (C=O) groups excluding carboxylic acids is 1. The fraction of sp³-hybridized carbons (Fsp3) is 0.500. The van der Waals surface area contributed by atoms with Gasteiger partial charge in [-0.15, -0.1) is 0 Å². The Bertz CT molecular complexity index is 443. The Morgan fingerprint density at radius 2 is 2.22 bits per heavy atom. The second-order valence-electron chi connectivity index (χ2n) is 4.79. The molecule has 0 atom stereocenters. The average molecular weight is 248 g/mol. The van der Waals surface area contributed by atoms with E-state index in [0.717, 1.165) is 30.1 Å². The van der Waals surface area contributed by atoms with E-state index in [9.17, 15) is 4.79 Å². The zero-order chi connectivity index (χ0) is 13.1. The molecule has 98 valence electrons. The summed E-state index contributed by atoms with van der Waals surface area (Å²) in [7, 11) is 0. The number of rotatable bonds is 4.